The molecule has 1 aromatic carbocycles. The normalized spacial score (nSPS) is 9.29. The van der Waals surface area contributed by atoms with E-state index >= 15 is 0 Å². The summed E-state index contributed by atoms with van der Waals surface area (Å²) in [5.41, 5.74) is 0.204. The molecule has 3 nitrogen and oxygen atoms in total. The van der Waals surface area contributed by atoms with Crippen LogP contribution < -0.4 is 0 Å². The van der Waals surface area contributed by atoms with E-state index in [4.69, 9.17) is 5.26 Å². The van der Waals surface area contributed by atoms with Crippen LogP contribution in [0.1, 0.15) is 15.9 Å². The summed E-state index contributed by atoms with van der Waals surface area (Å²) in [5.74, 6) is -1.27. The summed E-state index contributed by atoms with van der Waals surface area (Å²) < 4.78 is 17.8. The monoisotopic (exact) mass is 305 g/mol. The van der Waals surface area contributed by atoms with Crippen LogP contribution in [0, 0.1) is 20.7 Å². The molecule has 0 atom stereocenters. The Morgan fingerprint density at radius 3 is 2.79 bits per heavy atom. The molecule has 0 aliphatic heterocycles. The van der Waals surface area contributed by atoms with Crippen LogP contribution in [0.4, 0.5) is 4.39 Å². The van der Waals surface area contributed by atoms with Gasteiger partial charge in [0.1, 0.15) is 11.9 Å². The average Bonchev–Trinajstić information content (AvgIpc) is 2.19. The number of carbonyl (C=O) groups excluding carboxylic acids is 1. The molecule has 0 aliphatic carbocycles. The van der Waals surface area contributed by atoms with E-state index in [1.807, 2.05) is 0 Å². The van der Waals surface area contributed by atoms with E-state index in [1.54, 1.807) is 28.7 Å². The van der Waals surface area contributed by atoms with Crippen LogP contribution in [0.5, 0.6) is 0 Å². The molecule has 0 spiro atoms. The van der Waals surface area contributed by atoms with Crippen molar-refractivity contribution in [2.45, 2.75) is 0 Å². The molecule has 0 aliphatic rings. The molecular formula is C9H5FINO2. The standard InChI is InChI=1S/C9H5FINO2/c1-14-9(13)7-3-6(10)2-5(4-12)8(7)11/h2-3H,1H3. The van der Waals surface area contributed by atoms with Gasteiger partial charge >= 0.3 is 5.97 Å². The highest BCUT2D eigenvalue weighted by Gasteiger charge is 2.15. The Bertz CT molecular complexity index is 426. The Kier molecular flexibility index (Phi) is 3.41. The predicted octanol–water partition coefficient (Wildman–Crippen LogP) is 2.09. The lowest BCUT2D eigenvalue weighted by atomic mass is 10.1. The van der Waals surface area contributed by atoms with Crippen LogP contribution in [0.3, 0.4) is 0 Å². The van der Waals surface area contributed by atoms with E-state index in [-0.39, 0.29) is 11.1 Å². The SMILES string of the molecule is COC(=O)c1cc(F)cc(C#N)c1I. The van der Waals surface area contributed by atoms with E-state index in [1.165, 1.54) is 7.11 Å². The number of rotatable bonds is 1. The minimum absolute atomic E-state index is 0.0738. The smallest absolute Gasteiger partial charge is 0.339 e. The molecule has 5 heteroatoms. The Hall–Kier alpha value is -1.16. The highest BCUT2D eigenvalue weighted by atomic mass is 127. The summed E-state index contributed by atoms with van der Waals surface area (Å²) in [6, 6.07) is 3.93. The Balaban J connectivity index is 3.38. The first-order chi connectivity index (χ1) is 6.60. The van der Waals surface area contributed by atoms with Gasteiger partial charge in [0, 0.05) is 3.57 Å². The summed E-state index contributed by atoms with van der Waals surface area (Å²) in [5, 5.41) is 8.65. The molecule has 72 valence electrons. The van der Waals surface area contributed by atoms with Crippen molar-refractivity contribution in [3.8, 4) is 6.07 Å². The summed E-state index contributed by atoms with van der Waals surface area (Å²) in [6.45, 7) is 0. The first kappa shape index (κ1) is 10.9. The molecule has 1 aromatic rings. The Morgan fingerprint density at radius 1 is 1.64 bits per heavy atom. The van der Waals surface area contributed by atoms with Gasteiger partial charge < -0.3 is 4.74 Å². The van der Waals surface area contributed by atoms with Crippen LogP contribution >= 0.6 is 22.6 Å². The van der Waals surface area contributed by atoms with Crippen molar-refractivity contribution in [1.29, 1.82) is 5.26 Å². The molecule has 0 aromatic heterocycles. The van der Waals surface area contributed by atoms with Gasteiger partial charge in [-0.3, -0.25) is 0 Å². The molecule has 0 amide bonds. The minimum atomic E-state index is -0.648. The number of nitrogens with zero attached hydrogens (tertiary/aromatic N) is 1. The number of ether oxygens (including phenoxy) is 1. The lowest BCUT2D eigenvalue weighted by Crippen LogP contribution is -2.06. The van der Waals surface area contributed by atoms with E-state index in [0.717, 1.165) is 12.1 Å². The lowest BCUT2D eigenvalue weighted by molar-refractivity contribution is 0.0599. The van der Waals surface area contributed by atoms with E-state index in [0.29, 0.717) is 3.57 Å². The molecule has 14 heavy (non-hydrogen) atoms. The number of carbonyl (C=O) groups is 1. The van der Waals surface area contributed by atoms with E-state index in [2.05, 4.69) is 4.74 Å². The number of halogens is 2. The van der Waals surface area contributed by atoms with Crippen molar-refractivity contribution in [3.05, 3.63) is 32.6 Å². The summed E-state index contributed by atoms with van der Waals surface area (Å²) in [4.78, 5) is 11.2. The zero-order chi connectivity index (χ0) is 10.7. The average molecular weight is 305 g/mol. The molecule has 0 N–H and O–H groups in total. The van der Waals surface area contributed by atoms with Gasteiger partial charge in [-0.1, -0.05) is 0 Å². The molecule has 1 rings (SSSR count). The predicted molar refractivity (Wildman–Crippen MR) is 55.2 cm³/mol. The lowest BCUT2D eigenvalue weighted by Gasteiger charge is -2.03. The molecule has 0 fully saturated rings. The van der Waals surface area contributed by atoms with Crippen molar-refractivity contribution < 1.29 is 13.9 Å². The second-order valence-electron chi connectivity index (χ2n) is 2.42. The maximum Gasteiger partial charge on any atom is 0.339 e. The van der Waals surface area contributed by atoms with E-state index < -0.39 is 11.8 Å². The van der Waals surface area contributed by atoms with Gasteiger partial charge in [0.05, 0.1) is 18.2 Å². The van der Waals surface area contributed by atoms with E-state index in [9.17, 15) is 9.18 Å². The van der Waals surface area contributed by atoms with Crippen LogP contribution in [-0.4, -0.2) is 13.1 Å². The highest BCUT2D eigenvalue weighted by molar-refractivity contribution is 14.1. The third-order valence-corrected chi connectivity index (χ3v) is 2.73. The summed E-state index contributed by atoms with van der Waals surface area (Å²) in [6.07, 6.45) is 0. The van der Waals surface area contributed by atoms with Gasteiger partial charge in [0.15, 0.2) is 0 Å². The molecule has 0 saturated carbocycles. The summed E-state index contributed by atoms with van der Waals surface area (Å²) >= 11 is 1.81. The fraction of sp³-hybridized carbons (Fsp3) is 0.111. The van der Waals surface area contributed by atoms with Crippen molar-refractivity contribution in [2.75, 3.05) is 7.11 Å². The quantitative estimate of drug-likeness (QED) is 0.590. The second-order valence-corrected chi connectivity index (χ2v) is 3.50. The molecule has 0 radical (unpaired) electrons. The number of benzene rings is 1. The fourth-order valence-electron chi connectivity index (χ4n) is 0.929. The van der Waals surface area contributed by atoms with Crippen LogP contribution in [0.25, 0.3) is 0 Å². The van der Waals surface area contributed by atoms with Gasteiger partial charge in [0.25, 0.3) is 0 Å². The van der Waals surface area contributed by atoms with Gasteiger partial charge in [-0.05, 0) is 34.7 Å². The van der Waals surface area contributed by atoms with Crippen LogP contribution in [0.2, 0.25) is 0 Å². The number of nitriles is 1. The van der Waals surface area contributed by atoms with Crippen molar-refractivity contribution >= 4 is 28.6 Å². The minimum Gasteiger partial charge on any atom is -0.465 e. The zero-order valence-electron chi connectivity index (χ0n) is 7.17. The van der Waals surface area contributed by atoms with Crippen molar-refractivity contribution in [1.82, 2.24) is 0 Å². The topological polar surface area (TPSA) is 50.1 Å². The largest absolute Gasteiger partial charge is 0.465 e. The highest BCUT2D eigenvalue weighted by Crippen LogP contribution is 2.19. The third kappa shape index (κ3) is 2.01. The first-order valence-electron chi connectivity index (χ1n) is 3.57. The Morgan fingerprint density at radius 2 is 2.29 bits per heavy atom. The fourth-order valence-corrected chi connectivity index (χ4v) is 1.58. The van der Waals surface area contributed by atoms with Crippen molar-refractivity contribution in [2.24, 2.45) is 0 Å². The number of esters is 1. The molecular weight excluding hydrogens is 300 g/mol. The van der Waals surface area contributed by atoms with Gasteiger partial charge in [-0.15, -0.1) is 0 Å². The molecule has 0 unspecified atom stereocenters. The maximum atomic E-state index is 12.9. The van der Waals surface area contributed by atoms with Gasteiger partial charge in [-0.2, -0.15) is 5.26 Å². The first-order valence-corrected chi connectivity index (χ1v) is 4.65. The molecule has 0 saturated heterocycles. The summed E-state index contributed by atoms with van der Waals surface area (Å²) in [7, 11) is 1.20. The van der Waals surface area contributed by atoms with Gasteiger partial charge in [-0.25, -0.2) is 9.18 Å². The molecule has 0 heterocycles. The van der Waals surface area contributed by atoms with Crippen LogP contribution in [0.15, 0.2) is 12.1 Å². The second kappa shape index (κ2) is 4.37. The zero-order valence-corrected chi connectivity index (χ0v) is 9.33. The Labute approximate surface area is 93.6 Å². The number of hydrogen-bond donors (Lipinski definition) is 0. The number of methoxy groups -OCH3 is 1. The number of hydrogen-bond acceptors (Lipinski definition) is 3. The third-order valence-electron chi connectivity index (χ3n) is 1.56. The molecule has 0 bridgehead atoms. The maximum absolute atomic E-state index is 12.9. The van der Waals surface area contributed by atoms with Crippen molar-refractivity contribution in [3.63, 3.8) is 0 Å². The van der Waals surface area contributed by atoms with Gasteiger partial charge in [0.2, 0.25) is 0 Å². The van der Waals surface area contributed by atoms with Crippen LogP contribution in [-0.2, 0) is 4.74 Å².